The zero-order valence-corrected chi connectivity index (χ0v) is 18.9. The van der Waals surface area contributed by atoms with E-state index in [-0.39, 0.29) is 46.7 Å². The van der Waals surface area contributed by atoms with Crippen LogP contribution in [0.15, 0.2) is 42.5 Å². The summed E-state index contributed by atoms with van der Waals surface area (Å²) in [4.78, 5) is 12.3. The highest BCUT2D eigenvalue weighted by molar-refractivity contribution is 6.30. The number of carbonyl (C=O) groups is 1. The van der Waals surface area contributed by atoms with Crippen LogP contribution in [0.4, 0.5) is 4.39 Å². The van der Waals surface area contributed by atoms with Crippen molar-refractivity contribution in [3.63, 3.8) is 0 Å². The van der Waals surface area contributed by atoms with E-state index in [2.05, 4.69) is 21.3 Å². The maximum absolute atomic E-state index is 13.5. The minimum Gasteiger partial charge on any atom is -0.484 e. The fraction of sp³-hybridized carbons (Fsp3) is 0.435. The van der Waals surface area contributed by atoms with Crippen LogP contribution in [0.2, 0.25) is 10.0 Å². The minimum atomic E-state index is -0.568. The Morgan fingerprint density at radius 1 is 1.12 bits per heavy atom. The highest BCUT2D eigenvalue weighted by atomic mass is 35.5. The quantitative estimate of drug-likeness (QED) is 0.490. The molecule has 0 aromatic heterocycles. The van der Waals surface area contributed by atoms with E-state index in [1.807, 2.05) is 24.3 Å². The van der Waals surface area contributed by atoms with E-state index in [9.17, 15) is 9.18 Å². The third-order valence-corrected chi connectivity index (χ3v) is 7.09. The lowest BCUT2D eigenvalue weighted by Crippen LogP contribution is -2.85. The number of nitrogens with one attached hydrogen (secondary N) is 4. The van der Waals surface area contributed by atoms with Gasteiger partial charge < -0.3 is 10.1 Å². The molecule has 32 heavy (non-hydrogen) atoms. The van der Waals surface area contributed by atoms with E-state index in [0.29, 0.717) is 0 Å². The van der Waals surface area contributed by atoms with Crippen LogP contribution in [0, 0.1) is 5.82 Å². The van der Waals surface area contributed by atoms with Gasteiger partial charge >= 0.3 is 0 Å². The van der Waals surface area contributed by atoms with Crippen molar-refractivity contribution in [2.75, 3.05) is 13.2 Å². The molecule has 0 spiro atoms. The molecule has 0 radical (unpaired) electrons. The van der Waals surface area contributed by atoms with Crippen LogP contribution in [0.1, 0.15) is 37.4 Å². The van der Waals surface area contributed by atoms with Crippen molar-refractivity contribution >= 4 is 29.1 Å². The van der Waals surface area contributed by atoms with Gasteiger partial charge in [-0.25, -0.2) is 4.39 Å². The Balaban J connectivity index is 1.07. The topological polar surface area (TPSA) is 74.4 Å². The average Bonchev–Trinajstić information content (AvgIpc) is 2.73. The van der Waals surface area contributed by atoms with E-state index in [1.165, 1.54) is 12.1 Å². The van der Waals surface area contributed by atoms with E-state index in [4.69, 9.17) is 27.9 Å². The Hall–Kier alpha value is -1.90. The number of amides is 1. The summed E-state index contributed by atoms with van der Waals surface area (Å²) in [5.74, 6) is -0.483. The van der Waals surface area contributed by atoms with Gasteiger partial charge in [-0.15, -0.1) is 0 Å². The lowest BCUT2D eigenvalue weighted by atomic mass is 9.44. The molecular formula is C23H25Cl2FN4O2. The summed E-state index contributed by atoms with van der Waals surface area (Å²) in [5, 5.41) is 14.7. The Morgan fingerprint density at radius 2 is 1.88 bits per heavy atom. The monoisotopic (exact) mass is 478 g/mol. The molecule has 6 rings (SSSR count). The van der Waals surface area contributed by atoms with Crippen molar-refractivity contribution in [1.82, 2.24) is 21.3 Å². The Morgan fingerprint density at radius 3 is 2.59 bits per heavy atom. The predicted molar refractivity (Wildman–Crippen MR) is 121 cm³/mol. The third-order valence-electron chi connectivity index (χ3n) is 6.53. The van der Waals surface area contributed by atoms with E-state index in [1.54, 1.807) is 6.07 Å². The van der Waals surface area contributed by atoms with Gasteiger partial charge in [-0.05, 0) is 62.1 Å². The van der Waals surface area contributed by atoms with Gasteiger partial charge in [0.25, 0.3) is 5.91 Å². The van der Waals surface area contributed by atoms with Crippen LogP contribution >= 0.6 is 23.2 Å². The highest BCUT2D eigenvalue weighted by Gasteiger charge is 2.68. The first-order valence-corrected chi connectivity index (χ1v) is 11.5. The normalized spacial score (nSPS) is 30.7. The maximum atomic E-state index is 13.5. The van der Waals surface area contributed by atoms with E-state index in [0.717, 1.165) is 42.8 Å². The summed E-state index contributed by atoms with van der Waals surface area (Å²) in [6.07, 6.45) is 3.97. The van der Waals surface area contributed by atoms with Crippen molar-refractivity contribution in [2.24, 2.45) is 0 Å². The maximum Gasteiger partial charge on any atom is 0.258 e. The molecule has 2 unspecified atom stereocenters. The predicted octanol–water partition coefficient (Wildman–Crippen LogP) is 3.50. The van der Waals surface area contributed by atoms with Gasteiger partial charge in [0, 0.05) is 22.2 Å². The SMILES string of the molecule is O=C(COc1ccc(Cl)c(F)c1)NC12CC(NC3CCNC(c4ccc(Cl)cc4)N3)(C1)C2. The lowest BCUT2D eigenvalue weighted by Gasteiger charge is -2.71. The molecular weight excluding hydrogens is 454 g/mol. The van der Waals surface area contributed by atoms with Gasteiger partial charge in [0.05, 0.1) is 17.4 Å². The number of rotatable bonds is 7. The van der Waals surface area contributed by atoms with Crippen molar-refractivity contribution < 1.29 is 13.9 Å². The number of halogens is 3. The fourth-order valence-corrected chi connectivity index (χ4v) is 5.43. The molecule has 3 saturated carbocycles. The molecule has 1 aliphatic heterocycles. The molecule has 3 aliphatic carbocycles. The first-order valence-electron chi connectivity index (χ1n) is 10.8. The second-order valence-corrected chi connectivity index (χ2v) is 9.94. The fourth-order valence-electron chi connectivity index (χ4n) is 5.19. The third kappa shape index (κ3) is 4.45. The number of benzene rings is 2. The summed E-state index contributed by atoms with van der Waals surface area (Å²) in [7, 11) is 0. The van der Waals surface area contributed by atoms with Gasteiger partial charge in [-0.1, -0.05) is 35.3 Å². The van der Waals surface area contributed by atoms with Crippen LogP contribution in [0.3, 0.4) is 0 Å². The molecule has 2 bridgehead atoms. The molecule has 2 aromatic rings. The lowest BCUT2D eigenvalue weighted by molar-refractivity contribution is -0.146. The van der Waals surface area contributed by atoms with E-state index < -0.39 is 5.82 Å². The van der Waals surface area contributed by atoms with Gasteiger partial charge in [-0.3, -0.25) is 20.7 Å². The Kier molecular flexibility index (Phi) is 5.80. The molecule has 2 atom stereocenters. The summed E-state index contributed by atoms with van der Waals surface area (Å²) in [6, 6.07) is 12.0. The second-order valence-electron chi connectivity index (χ2n) is 9.09. The second kappa shape index (κ2) is 8.47. The Bertz CT molecular complexity index is 1000. The number of ether oxygens (including phenoxy) is 1. The van der Waals surface area contributed by atoms with E-state index >= 15 is 0 Å². The first kappa shape index (κ1) is 21.9. The van der Waals surface area contributed by atoms with Crippen molar-refractivity contribution in [2.45, 2.75) is 49.1 Å². The zero-order chi connectivity index (χ0) is 22.3. The molecule has 1 amide bonds. The molecule has 170 valence electrons. The smallest absolute Gasteiger partial charge is 0.258 e. The molecule has 4 fully saturated rings. The van der Waals surface area contributed by atoms with Gasteiger partial charge in [-0.2, -0.15) is 0 Å². The van der Waals surface area contributed by atoms with Gasteiger partial charge in [0.1, 0.15) is 11.6 Å². The zero-order valence-electron chi connectivity index (χ0n) is 17.4. The molecule has 1 heterocycles. The molecule has 6 nitrogen and oxygen atoms in total. The van der Waals surface area contributed by atoms with Crippen LogP contribution in [-0.4, -0.2) is 36.3 Å². The van der Waals surface area contributed by atoms with Crippen molar-refractivity contribution in [3.8, 4) is 5.75 Å². The standard InChI is InChI=1S/C23H25Cl2FN4O2/c24-15-3-1-14(2-4-15)21-27-8-7-19(28-21)29-22-11-23(12-22,13-22)30-20(31)10-32-16-5-6-17(25)18(26)9-16/h1-6,9,19,21,27-29H,7-8,10-13H2,(H,30,31). The number of carbonyl (C=O) groups excluding carboxylic acids is 1. The van der Waals surface area contributed by atoms with Crippen LogP contribution in [0.25, 0.3) is 0 Å². The number of hydrogen-bond acceptors (Lipinski definition) is 5. The minimum absolute atomic E-state index is 0.0242. The van der Waals surface area contributed by atoms with Crippen molar-refractivity contribution in [3.05, 3.63) is 63.9 Å². The number of hydrogen-bond donors (Lipinski definition) is 4. The molecule has 2 aromatic carbocycles. The summed E-state index contributed by atoms with van der Waals surface area (Å²) in [6.45, 7) is 0.764. The Labute approximate surface area is 196 Å². The molecule has 1 saturated heterocycles. The van der Waals surface area contributed by atoms with Gasteiger partial charge in [0.15, 0.2) is 6.61 Å². The summed E-state index contributed by atoms with van der Waals surface area (Å²) in [5.41, 5.74) is 1.08. The van der Waals surface area contributed by atoms with Crippen LogP contribution in [-0.2, 0) is 4.79 Å². The average molecular weight is 479 g/mol. The van der Waals surface area contributed by atoms with Gasteiger partial charge in [0.2, 0.25) is 0 Å². The van der Waals surface area contributed by atoms with Crippen molar-refractivity contribution in [1.29, 1.82) is 0 Å². The summed E-state index contributed by atoms with van der Waals surface area (Å²) < 4.78 is 18.9. The molecule has 4 aliphatic rings. The highest BCUT2D eigenvalue weighted by Crippen LogP contribution is 2.60. The van der Waals surface area contributed by atoms with Crippen LogP contribution in [0.5, 0.6) is 5.75 Å². The molecule has 9 heteroatoms. The molecule has 4 N–H and O–H groups in total. The first-order chi connectivity index (χ1) is 15.3. The largest absolute Gasteiger partial charge is 0.484 e. The van der Waals surface area contributed by atoms with Crippen LogP contribution < -0.4 is 26.0 Å². The summed E-state index contributed by atoms with van der Waals surface area (Å²) >= 11 is 11.7.